The smallest absolute Gasteiger partial charge is 0.269 e. The molecule has 2 aromatic carbocycles. The minimum Gasteiger partial charge on any atom is -0.325 e. The summed E-state index contributed by atoms with van der Waals surface area (Å²) in [6.45, 7) is 3.01. The maximum absolute atomic E-state index is 12.6. The van der Waals surface area contributed by atoms with Gasteiger partial charge in [0.15, 0.2) is 0 Å². The van der Waals surface area contributed by atoms with E-state index in [0.717, 1.165) is 31.5 Å². The predicted octanol–water partition coefficient (Wildman–Crippen LogP) is 2.76. The van der Waals surface area contributed by atoms with Crippen molar-refractivity contribution >= 4 is 27.1 Å². The molecule has 0 aliphatic rings. The predicted molar refractivity (Wildman–Crippen MR) is 101 cm³/mol. The Balaban J connectivity index is 2.05. The second-order valence-electron chi connectivity index (χ2n) is 5.86. The number of anilines is 1. The van der Waals surface area contributed by atoms with Crippen LogP contribution < -0.4 is 10.6 Å². The molecular weight excluding hydrogens is 370 g/mol. The molecule has 0 heterocycles. The second kappa shape index (κ2) is 9.24. The SMILES string of the molecule is CCCCNCC(=O)Nc1ccc(S(=O)(=O)c2ccc([N+](=O)[O-])cc2)cc1. The Labute approximate surface area is 157 Å². The van der Waals surface area contributed by atoms with Gasteiger partial charge in [0.25, 0.3) is 5.69 Å². The third-order valence-corrected chi connectivity index (χ3v) is 5.58. The maximum atomic E-state index is 12.6. The minimum absolute atomic E-state index is 0.0370. The summed E-state index contributed by atoms with van der Waals surface area (Å²) in [5, 5.41) is 16.4. The number of hydrogen-bond donors (Lipinski definition) is 2. The molecule has 144 valence electrons. The minimum atomic E-state index is -3.79. The van der Waals surface area contributed by atoms with Gasteiger partial charge in [0.2, 0.25) is 15.7 Å². The van der Waals surface area contributed by atoms with Crippen LogP contribution >= 0.6 is 0 Å². The molecule has 9 heteroatoms. The summed E-state index contributed by atoms with van der Waals surface area (Å²) in [6.07, 6.45) is 2.03. The average Bonchev–Trinajstić information content (AvgIpc) is 2.66. The van der Waals surface area contributed by atoms with Crippen LogP contribution in [0, 0.1) is 10.1 Å². The van der Waals surface area contributed by atoms with E-state index in [1.807, 2.05) is 0 Å². The van der Waals surface area contributed by atoms with E-state index in [9.17, 15) is 23.3 Å². The topological polar surface area (TPSA) is 118 Å². The molecule has 0 saturated carbocycles. The summed E-state index contributed by atoms with van der Waals surface area (Å²) in [4.78, 5) is 21.9. The third-order valence-electron chi connectivity index (χ3n) is 3.80. The van der Waals surface area contributed by atoms with E-state index < -0.39 is 14.8 Å². The quantitative estimate of drug-likeness (QED) is 0.385. The van der Waals surface area contributed by atoms with Crippen LogP contribution in [0.25, 0.3) is 0 Å². The summed E-state index contributed by atoms with van der Waals surface area (Å²) in [6, 6.07) is 10.5. The Bertz CT molecular complexity index is 894. The molecule has 0 fully saturated rings. The zero-order chi connectivity index (χ0) is 19.9. The summed E-state index contributed by atoms with van der Waals surface area (Å²) in [5.74, 6) is -0.211. The Morgan fingerprint density at radius 1 is 1.04 bits per heavy atom. The molecule has 0 radical (unpaired) electrons. The average molecular weight is 391 g/mol. The molecule has 2 aromatic rings. The summed E-state index contributed by atoms with van der Waals surface area (Å²) in [5.41, 5.74) is 0.305. The van der Waals surface area contributed by atoms with Crippen molar-refractivity contribution in [2.75, 3.05) is 18.4 Å². The van der Waals surface area contributed by atoms with Crippen LogP contribution in [-0.2, 0) is 14.6 Å². The van der Waals surface area contributed by atoms with Crippen molar-refractivity contribution < 1.29 is 18.1 Å². The van der Waals surface area contributed by atoms with Gasteiger partial charge >= 0.3 is 0 Å². The van der Waals surface area contributed by atoms with Crippen LogP contribution in [0.1, 0.15) is 19.8 Å². The number of nitro benzene ring substituents is 1. The number of hydrogen-bond acceptors (Lipinski definition) is 6. The molecule has 0 unspecified atom stereocenters. The van der Waals surface area contributed by atoms with E-state index in [1.54, 1.807) is 0 Å². The number of nitrogens with zero attached hydrogens (tertiary/aromatic N) is 1. The van der Waals surface area contributed by atoms with Gasteiger partial charge in [-0.05, 0) is 49.4 Å². The molecule has 0 atom stereocenters. The lowest BCUT2D eigenvalue weighted by molar-refractivity contribution is -0.384. The fourth-order valence-electron chi connectivity index (χ4n) is 2.31. The molecule has 0 aromatic heterocycles. The van der Waals surface area contributed by atoms with Gasteiger partial charge in [0.05, 0.1) is 21.3 Å². The van der Waals surface area contributed by atoms with Gasteiger partial charge in [-0.15, -0.1) is 0 Å². The fourth-order valence-corrected chi connectivity index (χ4v) is 3.57. The number of nitro groups is 1. The van der Waals surface area contributed by atoms with Crippen molar-refractivity contribution in [2.24, 2.45) is 0 Å². The highest BCUT2D eigenvalue weighted by Crippen LogP contribution is 2.24. The number of carbonyl (C=O) groups is 1. The highest BCUT2D eigenvalue weighted by molar-refractivity contribution is 7.91. The van der Waals surface area contributed by atoms with Crippen LogP contribution in [0.4, 0.5) is 11.4 Å². The van der Waals surface area contributed by atoms with Crippen LogP contribution in [0.15, 0.2) is 58.3 Å². The molecule has 0 spiro atoms. The summed E-state index contributed by atoms with van der Waals surface area (Å²) < 4.78 is 25.2. The van der Waals surface area contributed by atoms with Crippen LogP contribution in [0.3, 0.4) is 0 Å². The number of nitrogens with one attached hydrogen (secondary N) is 2. The molecule has 2 N–H and O–H groups in total. The standard InChI is InChI=1S/C18H21N3O5S/c1-2-3-12-19-13-18(22)20-14-4-8-16(9-5-14)27(25,26)17-10-6-15(7-11-17)21(23)24/h4-11,19H,2-3,12-13H2,1H3,(H,20,22). The van der Waals surface area contributed by atoms with Gasteiger partial charge in [-0.2, -0.15) is 0 Å². The highest BCUT2D eigenvalue weighted by Gasteiger charge is 2.19. The van der Waals surface area contributed by atoms with E-state index in [0.29, 0.717) is 5.69 Å². The number of rotatable bonds is 9. The number of carbonyl (C=O) groups excluding carboxylic acids is 1. The lowest BCUT2D eigenvalue weighted by atomic mass is 10.3. The summed E-state index contributed by atoms with van der Waals surface area (Å²) >= 11 is 0. The first-order valence-corrected chi connectivity index (χ1v) is 9.93. The first kappa shape index (κ1) is 20.5. The van der Waals surface area contributed by atoms with Crippen molar-refractivity contribution in [3.05, 3.63) is 58.6 Å². The van der Waals surface area contributed by atoms with Crippen molar-refractivity contribution in [1.29, 1.82) is 0 Å². The first-order chi connectivity index (χ1) is 12.8. The molecule has 2 rings (SSSR count). The molecule has 0 saturated heterocycles. The molecule has 0 aliphatic heterocycles. The maximum Gasteiger partial charge on any atom is 0.269 e. The lowest BCUT2D eigenvalue weighted by Crippen LogP contribution is -2.28. The van der Waals surface area contributed by atoms with E-state index in [2.05, 4.69) is 17.6 Å². The van der Waals surface area contributed by atoms with Crippen LogP contribution in [0.5, 0.6) is 0 Å². The number of amides is 1. The van der Waals surface area contributed by atoms with Crippen molar-refractivity contribution in [1.82, 2.24) is 5.32 Å². The number of benzene rings is 2. The van der Waals surface area contributed by atoms with E-state index in [1.165, 1.54) is 36.4 Å². The zero-order valence-corrected chi connectivity index (χ0v) is 15.7. The summed E-state index contributed by atoms with van der Waals surface area (Å²) in [7, 11) is -3.79. The lowest BCUT2D eigenvalue weighted by Gasteiger charge is -2.08. The van der Waals surface area contributed by atoms with E-state index in [-0.39, 0.29) is 27.9 Å². The number of sulfone groups is 1. The Morgan fingerprint density at radius 3 is 2.11 bits per heavy atom. The van der Waals surface area contributed by atoms with Gasteiger partial charge < -0.3 is 10.6 Å². The van der Waals surface area contributed by atoms with Crippen molar-refractivity contribution in [3.63, 3.8) is 0 Å². The molecule has 1 amide bonds. The second-order valence-corrected chi connectivity index (χ2v) is 7.81. The molecule has 8 nitrogen and oxygen atoms in total. The zero-order valence-electron chi connectivity index (χ0n) is 14.8. The van der Waals surface area contributed by atoms with Gasteiger partial charge in [0, 0.05) is 17.8 Å². The highest BCUT2D eigenvalue weighted by atomic mass is 32.2. The number of non-ortho nitro benzene ring substituents is 1. The van der Waals surface area contributed by atoms with Gasteiger partial charge in [-0.3, -0.25) is 14.9 Å². The van der Waals surface area contributed by atoms with Gasteiger partial charge in [-0.25, -0.2) is 8.42 Å². The van der Waals surface area contributed by atoms with E-state index in [4.69, 9.17) is 0 Å². The fraction of sp³-hybridized carbons (Fsp3) is 0.278. The Kier molecular flexibility index (Phi) is 7.03. The van der Waals surface area contributed by atoms with Crippen LogP contribution in [0.2, 0.25) is 0 Å². The largest absolute Gasteiger partial charge is 0.325 e. The van der Waals surface area contributed by atoms with Crippen LogP contribution in [-0.4, -0.2) is 32.3 Å². The number of unbranched alkanes of at least 4 members (excludes halogenated alkanes) is 1. The normalized spacial score (nSPS) is 11.1. The van der Waals surface area contributed by atoms with Crippen molar-refractivity contribution in [2.45, 2.75) is 29.6 Å². The Morgan fingerprint density at radius 2 is 1.59 bits per heavy atom. The van der Waals surface area contributed by atoms with E-state index >= 15 is 0 Å². The molecular formula is C18H21N3O5S. The van der Waals surface area contributed by atoms with Gasteiger partial charge in [0.1, 0.15) is 0 Å². The molecule has 0 bridgehead atoms. The third kappa shape index (κ3) is 5.60. The molecule has 0 aliphatic carbocycles. The Hall–Kier alpha value is -2.78. The monoisotopic (exact) mass is 391 g/mol. The molecule has 27 heavy (non-hydrogen) atoms. The van der Waals surface area contributed by atoms with Gasteiger partial charge in [-0.1, -0.05) is 13.3 Å². The first-order valence-electron chi connectivity index (χ1n) is 8.44. The van der Waals surface area contributed by atoms with Crippen molar-refractivity contribution in [3.8, 4) is 0 Å².